The van der Waals surface area contributed by atoms with E-state index in [2.05, 4.69) is 5.32 Å². The molecule has 1 atom stereocenters. The molecule has 0 aliphatic carbocycles. The smallest absolute Gasteiger partial charge is 0.338 e. The molecule has 4 heteroatoms. The van der Waals surface area contributed by atoms with Crippen LogP contribution in [0, 0.1) is 12.7 Å². The van der Waals surface area contributed by atoms with Gasteiger partial charge in [0.25, 0.3) is 0 Å². The zero-order chi connectivity index (χ0) is 14.7. The number of carboxylic acid groups (broad SMARTS) is 1. The molecule has 0 heterocycles. The van der Waals surface area contributed by atoms with Crippen molar-refractivity contribution in [3.05, 3.63) is 65.0 Å². The maximum absolute atomic E-state index is 13.6. The fourth-order valence-corrected chi connectivity index (χ4v) is 1.97. The van der Waals surface area contributed by atoms with E-state index in [9.17, 15) is 9.18 Å². The van der Waals surface area contributed by atoms with E-state index in [4.69, 9.17) is 5.11 Å². The number of carboxylic acids is 1. The molecule has 3 nitrogen and oxygen atoms in total. The van der Waals surface area contributed by atoms with Gasteiger partial charge in [0.05, 0.1) is 5.56 Å². The summed E-state index contributed by atoms with van der Waals surface area (Å²) in [5, 5.41) is 11.9. The second kappa shape index (κ2) is 5.74. The average Bonchev–Trinajstić information content (AvgIpc) is 2.39. The van der Waals surface area contributed by atoms with E-state index in [-0.39, 0.29) is 11.6 Å². The summed E-state index contributed by atoms with van der Waals surface area (Å²) in [6.07, 6.45) is 0. The van der Waals surface area contributed by atoms with Gasteiger partial charge < -0.3 is 10.4 Å². The molecular weight excluding hydrogens is 257 g/mol. The molecule has 1 unspecified atom stereocenters. The van der Waals surface area contributed by atoms with Crippen molar-refractivity contribution in [2.75, 3.05) is 5.32 Å². The topological polar surface area (TPSA) is 49.3 Å². The lowest BCUT2D eigenvalue weighted by molar-refractivity contribution is 0.0692. The number of carbonyl (C=O) groups is 1. The maximum atomic E-state index is 13.6. The monoisotopic (exact) mass is 273 g/mol. The van der Waals surface area contributed by atoms with Gasteiger partial charge in [0.1, 0.15) is 5.82 Å². The van der Waals surface area contributed by atoms with Gasteiger partial charge in [-0.2, -0.15) is 0 Å². The molecule has 0 aliphatic rings. The van der Waals surface area contributed by atoms with Crippen molar-refractivity contribution in [3.63, 3.8) is 0 Å². The Labute approximate surface area is 117 Å². The third-order valence-electron chi connectivity index (χ3n) is 3.16. The Hall–Kier alpha value is -2.36. The first kappa shape index (κ1) is 14.1. The van der Waals surface area contributed by atoms with Crippen molar-refractivity contribution in [3.8, 4) is 0 Å². The zero-order valence-electron chi connectivity index (χ0n) is 11.4. The minimum absolute atomic E-state index is 0.00526. The Balaban J connectivity index is 2.15. The van der Waals surface area contributed by atoms with Crippen molar-refractivity contribution in [2.45, 2.75) is 19.9 Å². The van der Waals surface area contributed by atoms with E-state index in [0.717, 1.165) is 5.56 Å². The van der Waals surface area contributed by atoms with Gasteiger partial charge in [0, 0.05) is 11.7 Å². The minimum Gasteiger partial charge on any atom is -0.478 e. The standard InChI is InChI=1S/C16H16FNO2/c1-10-3-5-12(6-4-10)11(2)18-13-7-8-14(16(19)20)15(17)9-13/h3-9,11,18H,1-2H3,(H,19,20). The van der Waals surface area contributed by atoms with E-state index in [1.165, 1.54) is 17.7 Å². The highest BCUT2D eigenvalue weighted by Gasteiger charge is 2.11. The predicted molar refractivity (Wildman–Crippen MR) is 76.6 cm³/mol. The lowest BCUT2D eigenvalue weighted by atomic mass is 10.1. The van der Waals surface area contributed by atoms with Crippen molar-refractivity contribution >= 4 is 11.7 Å². The minimum atomic E-state index is -1.26. The molecule has 0 aromatic heterocycles. The van der Waals surface area contributed by atoms with Crippen LogP contribution >= 0.6 is 0 Å². The quantitative estimate of drug-likeness (QED) is 0.885. The van der Waals surface area contributed by atoms with Crippen LogP contribution in [0.15, 0.2) is 42.5 Å². The number of benzene rings is 2. The Morgan fingerprint density at radius 1 is 1.20 bits per heavy atom. The summed E-state index contributed by atoms with van der Waals surface area (Å²) in [5.74, 6) is -2.00. The maximum Gasteiger partial charge on any atom is 0.338 e. The molecule has 2 aromatic rings. The number of aryl methyl sites for hydroxylation is 1. The van der Waals surface area contributed by atoms with Crippen molar-refractivity contribution < 1.29 is 14.3 Å². The van der Waals surface area contributed by atoms with Crippen LogP contribution in [0.3, 0.4) is 0 Å². The normalized spacial score (nSPS) is 11.9. The van der Waals surface area contributed by atoms with Crippen LogP contribution in [0.2, 0.25) is 0 Å². The van der Waals surface area contributed by atoms with Gasteiger partial charge in [-0.15, -0.1) is 0 Å². The Morgan fingerprint density at radius 2 is 1.85 bits per heavy atom. The van der Waals surface area contributed by atoms with Crippen LogP contribution < -0.4 is 5.32 Å². The average molecular weight is 273 g/mol. The molecule has 2 aromatic carbocycles. The molecule has 20 heavy (non-hydrogen) atoms. The number of anilines is 1. The Bertz CT molecular complexity index is 623. The summed E-state index contributed by atoms with van der Waals surface area (Å²) < 4.78 is 13.6. The highest BCUT2D eigenvalue weighted by Crippen LogP contribution is 2.21. The first-order valence-electron chi connectivity index (χ1n) is 6.33. The summed E-state index contributed by atoms with van der Waals surface area (Å²) in [4.78, 5) is 10.7. The van der Waals surface area contributed by atoms with Gasteiger partial charge in [-0.25, -0.2) is 9.18 Å². The first-order valence-corrected chi connectivity index (χ1v) is 6.33. The fraction of sp³-hybridized carbons (Fsp3) is 0.188. The molecule has 104 valence electrons. The van der Waals surface area contributed by atoms with Crippen LogP contribution in [0.25, 0.3) is 0 Å². The summed E-state index contributed by atoms with van der Waals surface area (Å²) in [7, 11) is 0. The van der Waals surface area contributed by atoms with Crippen LogP contribution in [0.1, 0.15) is 34.5 Å². The number of rotatable bonds is 4. The van der Waals surface area contributed by atoms with Gasteiger partial charge in [0.2, 0.25) is 0 Å². The summed E-state index contributed by atoms with van der Waals surface area (Å²) in [6, 6.07) is 12.1. The molecule has 0 aliphatic heterocycles. The molecule has 2 rings (SSSR count). The van der Waals surface area contributed by atoms with Crippen molar-refractivity contribution in [2.24, 2.45) is 0 Å². The predicted octanol–water partition coefficient (Wildman–Crippen LogP) is 4.01. The third kappa shape index (κ3) is 3.15. The van der Waals surface area contributed by atoms with Crippen LogP contribution in [-0.4, -0.2) is 11.1 Å². The van der Waals surface area contributed by atoms with Crippen LogP contribution in [0.4, 0.5) is 10.1 Å². The molecular formula is C16H16FNO2. The second-order valence-electron chi connectivity index (χ2n) is 4.78. The molecule has 2 N–H and O–H groups in total. The number of nitrogens with one attached hydrogen (secondary N) is 1. The van der Waals surface area contributed by atoms with Gasteiger partial charge in [0.15, 0.2) is 0 Å². The van der Waals surface area contributed by atoms with E-state index in [0.29, 0.717) is 5.69 Å². The van der Waals surface area contributed by atoms with Gasteiger partial charge >= 0.3 is 5.97 Å². The lowest BCUT2D eigenvalue weighted by Crippen LogP contribution is -2.08. The molecule has 0 fully saturated rings. The number of hydrogen-bond acceptors (Lipinski definition) is 2. The summed E-state index contributed by atoms with van der Waals surface area (Å²) in [5.41, 5.74) is 2.50. The number of hydrogen-bond donors (Lipinski definition) is 2. The molecule has 0 spiro atoms. The molecule has 0 bridgehead atoms. The molecule has 0 saturated heterocycles. The number of aromatic carboxylic acids is 1. The highest BCUT2D eigenvalue weighted by atomic mass is 19.1. The van der Waals surface area contributed by atoms with Gasteiger partial charge in [-0.1, -0.05) is 29.8 Å². The van der Waals surface area contributed by atoms with Gasteiger partial charge in [-0.05, 0) is 37.6 Å². The Morgan fingerprint density at radius 3 is 2.40 bits per heavy atom. The van der Waals surface area contributed by atoms with Crippen molar-refractivity contribution in [1.29, 1.82) is 0 Å². The highest BCUT2D eigenvalue weighted by molar-refractivity contribution is 5.88. The summed E-state index contributed by atoms with van der Waals surface area (Å²) in [6.45, 7) is 3.98. The van der Waals surface area contributed by atoms with E-state index in [1.54, 1.807) is 6.07 Å². The molecule has 0 radical (unpaired) electrons. The van der Waals surface area contributed by atoms with E-state index in [1.807, 2.05) is 38.1 Å². The molecule has 0 saturated carbocycles. The van der Waals surface area contributed by atoms with E-state index >= 15 is 0 Å². The van der Waals surface area contributed by atoms with Crippen LogP contribution in [-0.2, 0) is 0 Å². The first-order chi connectivity index (χ1) is 9.47. The number of halogens is 1. The Kier molecular flexibility index (Phi) is 4.03. The van der Waals surface area contributed by atoms with E-state index < -0.39 is 11.8 Å². The third-order valence-corrected chi connectivity index (χ3v) is 3.16. The summed E-state index contributed by atoms with van der Waals surface area (Å²) >= 11 is 0. The SMILES string of the molecule is Cc1ccc(C(C)Nc2ccc(C(=O)O)c(F)c2)cc1. The van der Waals surface area contributed by atoms with Crippen LogP contribution in [0.5, 0.6) is 0 Å². The van der Waals surface area contributed by atoms with Gasteiger partial charge in [-0.3, -0.25) is 0 Å². The molecule has 0 amide bonds. The lowest BCUT2D eigenvalue weighted by Gasteiger charge is -2.16. The zero-order valence-corrected chi connectivity index (χ0v) is 11.4. The fourth-order valence-electron chi connectivity index (χ4n) is 1.97. The largest absolute Gasteiger partial charge is 0.478 e. The second-order valence-corrected chi connectivity index (χ2v) is 4.78. The van der Waals surface area contributed by atoms with Crippen molar-refractivity contribution in [1.82, 2.24) is 0 Å².